The van der Waals surface area contributed by atoms with E-state index in [0.717, 1.165) is 58.5 Å². The van der Waals surface area contributed by atoms with Gasteiger partial charge in [-0.15, -0.1) is 22.7 Å². The predicted molar refractivity (Wildman–Crippen MR) is 133 cm³/mol. The number of fused-ring (bicyclic) bond motifs is 2. The molecule has 2 aromatic heterocycles. The minimum atomic E-state index is -0.0107. The Bertz CT molecular complexity index is 1230. The first-order chi connectivity index (χ1) is 15.6. The molecule has 0 radical (unpaired) electrons. The highest BCUT2D eigenvalue weighted by Gasteiger charge is 2.27. The fourth-order valence-corrected chi connectivity index (χ4v) is 6.54. The third-order valence-corrected chi connectivity index (χ3v) is 8.05. The number of hydrogen-bond acceptors (Lipinski definition) is 6. The van der Waals surface area contributed by atoms with Crippen LogP contribution < -0.4 is 10.1 Å². The first kappa shape index (κ1) is 21.1. The number of thiophene rings is 1. The summed E-state index contributed by atoms with van der Waals surface area (Å²) in [5.74, 6) is 0.780. The molecule has 1 aliphatic rings. The molecule has 4 aromatic rings. The van der Waals surface area contributed by atoms with E-state index < -0.39 is 0 Å². The lowest BCUT2D eigenvalue weighted by atomic mass is 10.0. The van der Waals surface area contributed by atoms with E-state index in [0.29, 0.717) is 6.42 Å². The van der Waals surface area contributed by atoms with Crippen molar-refractivity contribution in [2.75, 3.05) is 25.5 Å². The van der Waals surface area contributed by atoms with Crippen LogP contribution in [0.5, 0.6) is 5.75 Å². The van der Waals surface area contributed by atoms with Crippen LogP contribution in [0.4, 0.5) is 5.00 Å². The molecule has 3 heterocycles. The van der Waals surface area contributed by atoms with Crippen molar-refractivity contribution < 1.29 is 9.53 Å². The number of anilines is 1. The molecule has 0 saturated heterocycles. The molecular formula is C25H25N3O2S2. The number of hydrogen-bond donors (Lipinski definition) is 1. The first-order valence-electron chi connectivity index (χ1n) is 10.8. The van der Waals surface area contributed by atoms with E-state index >= 15 is 0 Å². The summed E-state index contributed by atoms with van der Waals surface area (Å²) in [7, 11) is 1.64. The van der Waals surface area contributed by atoms with Crippen molar-refractivity contribution in [3.05, 3.63) is 64.5 Å². The van der Waals surface area contributed by atoms with Gasteiger partial charge in [-0.25, -0.2) is 4.98 Å². The van der Waals surface area contributed by atoms with Crippen molar-refractivity contribution in [1.82, 2.24) is 9.88 Å². The minimum absolute atomic E-state index is 0.0107. The molecule has 1 amide bonds. The molecule has 2 aromatic carbocycles. The van der Waals surface area contributed by atoms with Crippen molar-refractivity contribution in [3.63, 3.8) is 0 Å². The molecule has 0 unspecified atom stereocenters. The van der Waals surface area contributed by atoms with E-state index in [4.69, 9.17) is 9.72 Å². The number of nitrogens with zero attached hydrogens (tertiary/aromatic N) is 2. The fourth-order valence-electron chi connectivity index (χ4n) is 4.12. The van der Waals surface area contributed by atoms with Crippen LogP contribution in [0, 0.1) is 0 Å². The van der Waals surface area contributed by atoms with E-state index in [1.165, 1.54) is 15.1 Å². The molecule has 0 saturated carbocycles. The molecule has 0 bridgehead atoms. The van der Waals surface area contributed by atoms with Crippen LogP contribution in [0.3, 0.4) is 0 Å². The van der Waals surface area contributed by atoms with Gasteiger partial charge in [0.15, 0.2) is 0 Å². The lowest BCUT2D eigenvalue weighted by molar-refractivity contribution is -0.115. The van der Waals surface area contributed by atoms with Gasteiger partial charge in [0.25, 0.3) is 0 Å². The summed E-state index contributed by atoms with van der Waals surface area (Å²) >= 11 is 3.40. The highest BCUT2D eigenvalue weighted by molar-refractivity contribution is 7.22. The van der Waals surface area contributed by atoms with Crippen LogP contribution in [-0.4, -0.2) is 36.0 Å². The van der Waals surface area contributed by atoms with Gasteiger partial charge < -0.3 is 10.1 Å². The van der Waals surface area contributed by atoms with Gasteiger partial charge in [0.05, 0.1) is 23.7 Å². The summed E-state index contributed by atoms with van der Waals surface area (Å²) in [5.41, 5.74) is 4.43. The minimum Gasteiger partial charge on any atom is -0.497 e. The Morgan fingerprint density at radius 1 is 1.16 bits per heavy atom. The average Bonchev–Trinajstić information content (AvgIpc) is 3.39. The van der Waals surface area contributed by atoms with E-state index in [1.807, 2.05) is 36.4 Å². The molecule has 164 valence electrons. The highest BCUT2D eigenvalue weighted by Crippen LogP contribution is 2.45. The number of likely N-dealkylation sites (N-methyl/N-ethyl adjacent to an activating group) is 1. The normalized spacial score (nSPS) is 13.8. The van der Waals surface area contributed by atoms with Crippen LogP contribution in [-0.2, 0) is 24.2 Å². The van der Waals surface area contributed by atoms with E-state index in [1.54, 1.807) is 29.8 Å². The molecule has 1 aliphatic heterocycles. The molecule has 0 aliphatic carbocycles. The van der Waals surface area contributed by atoms with Crippen LogP contribution in [0.15, 0.2) is 48.5 Å². The second kappa shape index (κ2) is 9.02. The Kier molecular flexibility index (Phi) is 5.95. The molecule has 32 heavy (non-hydrogen) atoms. The number of benzene rings is 2. The van der Waals surface area contributed by atoms with E-state index in [2.05, 4.69) is 29.3 Å². The first-order valence-corrected chi connectivity index (χ1v) is 12.4. The van der Waals surface area contributed by atoms with Gasteiger partial charge in [0.2, 0.25) is 5.91 Å². The third kappa shape index (κ3) is 4.16. The van der Waals surface area contributed by atoms with Crippen molar-refractivity contribution in [3.8, 4) is 16.3 Å². The number of para-hydroxylation sites is 1. The number of aromatic nitrogens is 1. The smallest absolute Gasteiger partial charge is 0.229 e. The molecule has 7 heteroatoms. The van der Waals surface area contributed by atoms with Crippen LogP contribution in [0.1, 0.15) is 22.9 Å². The Hall–Kier alpha value is -2.74. The Balaban J connectivity index is 1.47. The van der Waals surface area contributed by atoms with Crippen LogP contribution in [0.2, 0.25) is 0 Å². The van der Waals surface area contributed by atoms with Gasteiger partial charge in [-0.05, 0) is 48.4 Å². The van der Waals surface area contributed by atoms with Crippen molar-refractivity contribution in [2.45, 2.75) is 26.3 Å². The second-order valence-electron chi connectivity index (χ2n) is 7.89. The highest BCUT2D eigenvalue weighted by atomic mass is 32.1. The maximum Gasteiger partial charge on any atom is 0.229 e. The van der Waals surface area contributed by atoms with Crippen molar-refractivity contribution in [2.24, 2.45) is 0 Å². The molecular weight excluding hydrogens is 438 g/mol. The molecule has 0 spiro atoms. The number of rotatable bonds is 6. The average molecular weight is 464 g/mol. The number of carbonyl (C=O) groups is 1. The quantitative estimate of drug-likeness (QED) is 0.405. The third-order valence-electron chi connectivity index (χ3n) is 5.87. The van der Waals surface area contributed by atoms with Gasteiger partial charge in [0, 0.05) is 23.5 Å². The van der Waals surface area contributed by atoms with Crippen molar-refractivity contribution in [1.29, 1.82) is 0 Å². The van der Waals surface area contributed by atoms with Gasteiger partial charge >= 0.3 is 0 Å². The Morgan fingerprint density at radius 3 is 2.72 bits per heavy atom. The molecule has 5 rings (SSSR count). The Morgan fingerprint density at radius 2 is 1.97 bits per heavy atom. The largest absolute Gasteiger partial charge is 0.497 e. The summed E-state index contributed by atoms with van der Waals surface area (Å²) in [4.78, 5) is 21.7. The van der Waals surface area contributed by atoms with Crippen LogP contribution >= 0.6 is 22.7 Å². The lowest BCUT2D eigenvalue weighted by Gasteiger charge is -2.25. The predicted octanol–water partition coefficient (Wildman–Crippen LogP) is 5.59. The van der Waals surface area contributed by atoms with E-state index in [9.17, 15) is 4.79 Å². The lowest BCUT2D eigenvalue weighted by Crippen LogP contribution is -2.29. The Labute approximate surface area is 195 Å². The number of ether oxygens (including phenoxy) is 1. The number of amides is 1. The summed E-state index contributed by atoms with van der Waals surface area (Å²) in [6, 6.07) is 15.9. The summed E-state index contributed by atoms with van der Waals surface area (Å²) in [6.45, 7) is 5.21. The maximum atomic E-state index is 13.0. The zero-order valence-electron chi connectivity index (χ0n) is 18.2. The number of thiazole rings is 1. The van der Waals surface area contributed by atoms with Gasteiger partial charge in [-0.3, -0.25) is 9.69 Å². The maximum absolute atomic E-state index is 13.0. The monoisotopic (exact) mass is 463 g/mol. The molecule has 5 nitrogen and oxygen atoms in total. The second-order valence-corrected chi connectivity index (χ2v) is 10.0. The summed E-state index contributed by atoms with van der Waals surface area (Å²) in [5, 5.41) is 5.13. The molecule has 1 N–H and O–H groups in total. The molecule has 0 atom stereocenters. The van der Waals surface area contributed by atoms with Crippen LogP contribution in [0.25, 0.3) is 20.8 Å². The topological polar surface area (TPSA) is 54.5 Å². The molecule has 0 fully saturated rings. The van der Waals surface area contributed by atoms with Gasteiger partial charge in [-0.1, -0.05) is 31.2 Å². The van der Waals surface area contributed by atoms with Gasteiger partial charge in [0.1, 0.15) is 15.8 Å². The van der Waals surface area contributed by atoms with E-state index in [-0.39, 0.29) is 5.91 Å². The number of carbonyl (C=O) groups excluding carboxylic acids is 1. The van der Waals surface area contributed by atoms with Gasteiger partial charge in [-0.2, -0.15) is 0 Å². The zero-order valence-corrected chi connectivity index (χ0v) is 19.8. The standard InChI is InChI=1S/C25H25N3O2S2/c1-3-28-13-12-18-21(15-28)32-25(23(18)24-26-19-6-4-5-7-20(19)31-24)27-22(29)14-16-8-10-17(30-2)11-9-16/h4-11H,3,12-15H2,1-2H3,(H,27,29). The number of methoxy groups -OCH3 is 1. The van der Waals surface area contributed by atoms with Crippen molar-refractivity contribution >= 4 is 43.8 Å². The SMILES string of the molecule is CCN1CCc2c(sc(NC(=O)Cc3ccc(OC)cc3)c2-c2nc3ccccc3s2)C1. The number of nitrogens with one attached hydrogen (secondary N) is 1. The zero-order chi connectivity index (χ0) is 22.1. The fraction of sp³-hybridized carbons (Fsp3) is 0.280. The summed E-state index contributed by atoms with van der Waals surface area (Å²) in [6.07, 6.45) is 1.31. The summed E-state index contributed by atoms with van der Waals surface area (Å²) < 4.78 is 6.39.